The predicted molar refractivity (Wildman–Crippen MR) is 119 cm³/mol. The zero-order valence-corrected chi connectivity index (χ0v) is 17.3. The van der Waals surface area contributed by atoms with Crippen molar-refractivity contribution >= 4 is 52.0 Å². The van der Waals surface area contributed by atoms with E-state index in [0.29, 0.717) is 16.6 Å². The van der Waals surface area contributed by atoms with Gasteiger partial charge in [0, 0.05) is 18.8 Å². The van der Waals surface area contributed by atoms with E-state index in [1.54, 1.807) is 6.08 Å². The van der Waals surface area contributed by atoms with E-state index in [1.165, 1.54) is 4.90 Å². The summed E-state index contributed by atoms with van der Waals surface area (Å²) in [6.07, 6.45) is 1.75. The number of amides is 2. The van der Waals surface area contributed by atoms with Gasteiger partial charge in [-0.25, -0.2) is 0 Å². The van der Waals surface area contributed by atoms with Crippen molar-refractivity contribution in [3.05, 3.63) is 70.1 Å². The van der Waals surface area contributed by atoms with Gasteiger partial charge in [-0.1, -0.05) is 48.0 Å². The van der Waals surface area contributed by atoms with E-state index in [-0.39, 0.29) is 17.7 Å². The maximum atomic E-state index is 12.5. The van der Waals surface area contributed by atoms with Crippen LogP contribution in [0, 0.1) is 13.8 Å². The largest absolute Gasteiger partial charge is 0.361 e. The number of hydrogen-bond acceptors (Lipinski definition) is 4. The first-order valence-electron chi connectivity index (χ1n) is 8.86. The van der Waals surface area contributed by atoms with E-state index in [9.17, 15) is 9.59 Å². The minimum Gasteiger partial charge on any atom is -0.361 e. The van der Waals surface area contributed by atoms with E-state index < -0.39 is 0 Å². The third-order valence-corrected chi connectivity index (χ3v) is 5.42. The highest BCUT2D eigenvalue weighted by atomic mass is 32.2. The number of carbonyl (C=O) groups excluding carboxylic acids is 2. The maximum absolute atomic E-state index is 12.5. The molecule has 2 N–H and O–H groups in total. The van der Waals surface area contributed by atoms with Crippen LogP contribution >= 0.6 is 24.0 Å². The zero-order valence-electron chi connectivity index (χ0n) is 15.7. The lowest BCUT2D eigenvalue weighted by Crippen LogP contribution is -2.38. The number of imide groups is 1. The van der Waals surface area contributed by atoms with Crippen molar-refractivity contribution < 1.29 is 9.59 Å². The number of nitrogens with one attached hydrogen (secondary N) is 2. The van der Waals surface area contributed by atoms with Crippen LogP contribution in [0.25, 0.3) is 6.08 Å². The molecule has 1 saturated heterocycles. The molecule has 0 saturated carbocycles. The standard InChI is InChI=1S/C21H21N3O2S2/c1-14-7-9-16(10-8-14)13-18-19(25)24(21(26)28-18)12-11-22-20(27)23-17-6-4-3-5-15(17)2/h3-10,13H,11-12H2,1-2H3,(H2,22,23,27)/b18-13-. The van der Waals surface area contributed by atoms with E-state index in [2.05, 4.69) is 10.6 Å². The second-order valence-corrected chi connectivity index (χ2v) is 7.84. The van der Waals surface area contributed by atoms with Crippen molar-refractivity contribution in [3.63, 3.8) is 0 Å². The van der Waals surface area contributed by atoms with Crippen LogP contribution in [-0.4, -0.2) is 34.2 Å². The van der Waals surface area contributed by atoms with Crippen LogP contribution in [0.1, 0.15) is 16.7 Å². The molecule has 2 aromatic carbocycles. The normalized spacial score (nSPS) is 15.2. The van der Waals surface area contributed by atoms with Crippen molar-refractivity contribution in [1.29, 1.82) is 0 Å². The van der Waals surface area contributed by atoms with Crippen molar-refractivity contribution in [1.82, 2.24) is 10.2 Å². The number of rotatable bonds is 5. The molecule has 0 radical (unpaired) electrons. The highest BCUT2D eigenvalue weighted by molar-refractivity contribution is 8.18. The van der Waals surface area contributed by atoms with Gasteiger partial charge in [0.2, 0.25) is 0 Å². The molecule has 2 amide bonds. The fraction of sp³-hybridized carbons (Fsp3) is 0.190. The van der Waals surface area contributed by atoms with Crippen molar-refractivity contribution in [3.8, 4) is 0 Å². The van der Waals surface area contributed by atoms with Gasteiger partial charge in [-0.05, 0) is 61.1 Å². The lowest BCUT2D eigenvalue weighted by Gasteiger charge is -2.15. The Morgan fingerprint density at radius 2 is 1.82 bits per heavy atom. The molecular formula is C21H21N3O2S2. The molecule has 0 spiro atoms. The summed E-state index contributed by atoms with van der Waals surface area (Å²) in [6, 6.07) is 15.6. The Morgan fingerprint density at radius 3 is 2.54 bits per heavy atom. The fourth-order valence-electron chi connectivity index (χ4n) is 2.67. The highest BCUT2D eigenvalue weighted by Crippen LogP contribution is 2.31. The number of para-hydroxylation sites is 1. The Kier molecular flexibility index (Phi) is 6.49. The first-order valence-corrected chi connectivity index (χ1v) is 10.1. The van der Waals surface area contributed by atoms with Gasteiger partial charge in [-0.15, -0.1) is 0 Å². The Morgan fingerprint density at radius 1 is 1.11 bits per heavy atom. The summed E-state index contributed by atoms with van der Waals surface area (Å²) in [5.74, 6) is -0.268. The van der Waals surface area contributed by atoms with E-state index in [0.717, 1.165) is 34.1 Å². The quantitative estimate of drug-likeness (QED) is 0.564. The molecule has 0 unspecified atom stereocenters. The Bertz CT molecular complexity index is 939. The van der Waals surface area contributed by atoms with Crippen molar-refractivity contribution in [2.24, 2.45) is 0 Å². The Balaban J connectivity index is 1.54. The molecule has 1 fully saturated rings. The smallest absolute Gasteiger partial charge is 0.293 e. The predicted octanol–water partition coefficient (Wildman–Crippen LogP) is 4.33. The Hall–Kier alpha value is -2.64. The number of thiocarbonyl (C=S) groups is 1. The molecular weight excluding hydrogens is 390 g/mol. The van der Waals surface area contributed by atoms with Gasteiger partial charge in [0.05, 0.1) is 4.91 Å². The highest BCUT2D eigenvalue weighted by Gasteiger charge is 2.34. The number of thioether (sulfide) groups is 1. The molecule has 1 heterocycles. The van der Waals surface area contributed by atoms with Gasteiger partial charge >= 0.3 is 0 Å². The molecule has 0 atom stereocenters. The van der Waals surface area contributed by atoms with E-state index >= 15 is 0 Å². The summed E-state index contributed by atoms with van der Waals surface area (Å²) in [4.78, 5) is 26.4. The third kappa shape index (κ3) is 4.99. The summed E-state index contributed by atoms with van der Waals surface area (Å²) in [6.45, 7) is 4.63. The van der Waals surface area contributed by atoms with Gasteiger partial charge in [0.25, 0.3) is 11.1 Å². The summed E-state index contributed by atoms with van der Waals surface area (Å²) >= 11 is 6.25. The van der Waals surface area contributed by atoms with Gasteiger partial charge < -0.3 is 10.6 Å². The topological polar surface area (TPSA) is 61.4 Å². The van der Waals surface area contributed by atoms with Crippen LogP contribution in [0.2, 0.25) is 0 Å². The minimum atomic E-state index is -0.268. The molecule has 0 bridgehead atoms. The first kappa shape index (κ1) is 20.1. The molecule has 0 aliphatic carbocycles. The second-order valence-electron chi connectivity index (χ2n) is 6.44. The molecule has 5 nitrogen and oxygen atoms in total. The fourth-order valence-corrected chi connectivity index (χ4v) is 3.74. The minimum absolute atomic E-state index is 0.255. The number of benzene rings is 2. The maximum Gasteiger partial charge on any atom is 0.293 e. The van der Waals surface area contributed by atoms with Crippen molar-refractivity contribution in [2.75, 3.05) is 18.4 Å². The molecule has 28 heavy (non-hydrogen) atoms. The van der Waals surface area contributed by atoms with E-state index in [4.69, 9.17) is 12.2 Å². The lowest BCUT2D eigenvalue weighted by molar-refractivity contribution is -0.122. The van der Waals surface area contributed by atoms with Crippen LogP contribution in [0.4, 0.5) is 10.5 Å². The molecule has 2 aromatic rings. The number of aryl methyl sites for hydroxylation is 2. The number of anilines is 1. The number of hydrogen-bond donors (Lipinski definition) is 2. The molecule has 7 heteroatoms. The van der Waals surface area contributed by atoms with Gasteiger partial charge in [-0.3, -0.25) is 14.5 Å². The Labute approximate surface area is 174 Å². The number of carbonyl (C=O) groups is 2. The van der Waals surface area contributed by atoms with Crippen LogP contribution in [0.3, 0.4) is 0 Å². The SMILES string of the molecule is Cc1ccc(/C=C2\SC(=O)N(CCNC(=S)Nc3ccccc3C)C2=O)cc1. The molecule has 1 aliphatic rings. The average molecular weight is 412 g/mol. The lowest BCUT2D eigenvalue weighted by atomic mass is 10.1. The van der Waals surface area contributed by atoms with Crippen LogP contribution < -0.4 is 10.6 Å². The molecule has 0 aromatic heterocycles. The third-order valence-electron chi connectivity index (χ3n) is 4.26. The molecule has 1 aliphatic heterocycles. The van der Waals surface area contributed by atoms with Crippen LogP contribution in [0.15, 0.2) is 53.4 Å². The number of nitrogens with zero attached hydrogens (tertiary/aromatic N) is 1. The van der Waals surface area contributed by atoms with Crippen LogP contribution in [0.5, 0.6) is 0 Å². The summed E-state index contributed by atoms with van der Waals surface area (Å²) < 4.78 is 0. The van der Waals surface area contributed by atoms with Crippen LogP contribution in [-0.2, 0) is 4.79 Å². The monoisotopic (exact) mass is 411 g/mol. The first-order chi connectivity index (χ1) is 13.4. The van der Waals surface area contributed by atoms with Crippen molar-refractivity contribution in [2.45, 2.75) is 13.8 Å². The molecule has 3 rings (SSSR count). The van der Waals surface area contributed by atoms with E-state index in [1.807, 2.05) is 62.4 Å². The molecule has 144 valence electrons. The summed E-state index contributed by atoms with van der Waals surface area (Å²) in [5.41, 5.74) is 4.05. The van der Waals surface area contributed by atoms with Gasteiger partial charge in [0.1, 0.15) is 0 Å². The zero-order chi connectivity index (χ0) is 20.1. The summed E-state index contributed by atoms with van der Waals surface area (Å²) in [7, 11) is 0. The van der Waals surface area contributed by atoms with Gasteiger partial charge in [0.15, 0.2) is 5.11 Å². The summed E-state index contributed by atoms with van der Waals surface area (Å²) in [5, 5.41) is 6.36. The second kappa shape index (κ2) is 9.03. The van der Waals surface area contributed by atoms with Gasteiger partial charge in [-0.2, -0.15) is 0 Å². The average Bonchev–Trinajstić information content (AvgIpc) is 2.93.